The number of aryl methyl sites for hydroxylation is 1. The normalized spacial score (nSPS) is 12.8. The lowest BCUT2D eigenvalue weighted by molar-refractivity contribution is -0.120. The molecule has 0 radical (unpaired) electrons. The van der Waals surface area contributed by atoms with Crippen molar-refractivity contribution in [2.75, 3.05) is 0 Å². The minimum Gasteiger partial charge on any atom is -0.489 e. The molecule has 2 rings (SSSR count). The molecule has 1 atom stereocenters. The Bertz CT molecular complexity index is 839. The summed E-state index contributed by atoms with van der Waals surface area (Å²) in [5.41, 5.74) is 3.88. The lowest BCUT2D eigenvalue weighted by Gasteiger charge is -2.18. The number of hydrogen-bond acceptors (Lipinski definition) is 4. The van der Waals surface area contributed by atoms with E-state index in [4.69, 9.17) is 10.5 Å². The number of halogens is 3. The Morgan fingerprint density at radius 3 is 2.30 bits per heavy atom. The van der Waals surface area contributed by atoms with Gasteiger partial charge in [-0.3, -0.25) is 4.79 Å². The third-order valence-corrected chi connectivity index (χ3v) is 5.13. The predicted octanol–water partition coefficient (Wildman–Crippen LogP) is 5.18. The van der Waals surface area contributed by atoms with E-state index < -0.39 is 5.51 Å². The molecule has 2 aromatic rings. The van der Waals surface area contributed by atoms with E-state index in [2.05, 4.69) is 5.32 Å². The smallest absolute Gasteiger partial charge is 0.446 e. The van der Waals surface area contributed by atoms with Crippen LogP contribution in [0.25, 0.3) is 0 Å². The molecule has 164 valence electrons. The molecular formula is C22H27F3N2O2S. The number of alkyl halides is 3. The van der Waals surface area contributed by atoms with Crippen LogP contribution in [-0.4, -0.2) is 17.5 Å². The van der Waals surface area contributed by atoms with Crippen LogP contribution in [0.5, 0.6) is 5.75 Å². The molecule has 30 heavy (non-hydrogen) atoms. The first kappa shape index (κ1) is 24.1. The molecule has 0 bridgehead atoms. The summed E-state index contributed by atoms with van der Waals surface area (Å²) >= 11 is -0.136. The van der Waals surface area contributed by atoms with Gasteiger partial charge in [-0.1, -0.05) is 38.1 Å². The molecule has 0 fully saturated rings. The first-order valence-electron chi connectivity index (χ1n) is 9.63. The highest BCUT2D eigenvalue weighted by molar-refractivity contribution is 8.00. The molecule has 0 heterocycles. The monoisotopic (exact) mass is 440 g/mol. The van der Waals surface area contributed by atoms with Gasteiger partial charge in [-0.2, -0.15) is 13.2 Å². The largest absolute Gasteiger partial charge is 0.489 e. The minimum absolute atomic E-state index is 0.136. The molecule has 0 aliphatic rings. The average Bonchev–Trinajstić information content (AvgIpc) is 2.64. The standard InChI is InChI=1S/C22H27F3N2O2S/c1-14(2)10-19(21(26)28)27-12-17-6-9-20(15(3)11-17)29-13-16-4-7-18(8-5-16)30-22(23,24)25/h4-9,11,14,19,27H,10,12-13H2,1-3H3,(H2,26,28). The van der Waals surface area contributed by atoms with Crippen LogP contribution >= 0.6 is 11.8 Å². The van der Waals surface area contributed by atoms with Gasteiger partial charge in [-0.25, -0.2) is 0 Å². The van der Waals surface area contributed by atoms with E-state index in [0.29, 0.717) is 24.6 Å². The van der Waals surface area contributed by atoms with Crippen molar-refractivity contribution in [3.8, 4) is 5.75 Å². The van der Waals surface area contributed by atoms with Crippen LogP contribution in [0.2, 0.25) is 0 Å². The second kappa shape index (κ2) is 10.7. The number of benzene rings is 2. The van der Waals surface area contributed by atoms with Gasteiger partial charge in [0, 0.05) is 11.4 Å². The fourth-order valence-electron chi connectivity index (χ4n) is 2.94. The summed E-state index contributed by atoms with van der Waals surface area (Å²) in [6.45, 7) is 6.77. The van der Waals surface area contributed by atoms with E-state index in [0.717, 1.165) is 16.7 Å². The summed E-state index contributed by atoms with van der Waals surface area (Å²) in [5, 5.41) is 3.20. The van der Waals surface area contributed by atoms with Crippen molar-refractivity contribution in [3.05, 3.63) is 59.2 Å². The summed E-state index contributed by atoms with van der Waals surface area (Å²) in [4.78, 5) is 11.7. The fourth-order valence-corrected chi connectivity index (χ4v) is 3.48. The fraction of sp³-hybridized carbons (Fsp3) is 0.409. The van der Waals surface area contributed by atoms with Gasteiger partial charge in [0.1, 0.15) is 12.4 Å². The third-order valence-electron chi connectivity index (χ3n) is 4.39. The number of nitrogens with two attached hydrogens (primary N) is 1. The summed E-state index contributed by atoms with van der Waals surface area (Å²) in [6.07, 6.45) is 0.676. The highest BCUT2D eigenvalue weighted by Crippen LogP contribution is 2.36. The van der Waals surface area contributed by atoms with Crippen LogP contribution in [0.1, 0.15) is 37.0 Å². The maximum Gasteiger partial charge on any atom is 0.446 e. The molecule has 0 aromatic heterocycles. The first-order valence-corrected chi connectivity index (χ1v) is 10.4. The van der Waals surface area contributed by atoms with Crippen LogP contribution < -0.4 is 15.8 Å². The Labute approximate surface area is 179 Å². The number of carbonyl (C=O) groups excluding carboxylic acids is 1. The maximum atomic E-state index is 12.4. The maximum absolute atomic E-state index is 12.4. The van der Waals surface area contributed by atoms with Gasteiger partial charge in [-0.05, 0) is 65.9 Å². The number of amides is 1. The van der Waals surface area contributed by atoms with Crippen LogP contribution in [-0.2, 0) is 17.9 Å². The van der Waals surface area contributed by atoms with E-state index in [-0.39, 0.29) is 35.2 Å². The summed E-state index contributed by atoms with van der Waals surface area (Å²) < 4.78 is 43.0. The quantitative estimate of drug-likeness (QED) is 0.500. The summed E-state index contributed by atoms with van der Waals surface area (Å²) in [5.74, 6) is 0.690. The lowest BCUT2D eigenvalue weighted by atomic mass is 10.0. The van der Waals surface area contributed by atoms with Gasteiger partial charge < -0.3 is 15.8 Å². The van der Waals surface area contributed by atoms with Crippen molar-refractivity contribution in [3.63, 3.8) is 0 Å². The average molecular weight is 441 g/mol. The van der Waals surface area contributed by atoms with Gasteiger partial charge in [0.25, 0.3) is 0 Å². The van der Waals surface area contributed by atoms with E-state index in [1.165, 1.54) is 12.1 Å². The van der Waals surface area contributed by atoms with Gasteiger partial charge in [0.2, 0.25) is 5.91 Å². The predicted molar refractivity (Wildman–Crippen MR) is 113 cm³/mol. The van der Waals surface area contributed by atoms with E-state index in [1.54, 1.807) is 12.1 Å². The summed E-state index contributed by atoms with van der Waals surface area (Å²) in [6, 6.07) is 11.5. The molecule has 1 unspecified atom stereocenters. The van der Waals surface area contributed by atoms with Crippen LogP contribution in [0.3, 0.4) is 0 Å². The van der Waals surface area contributed by atoms with Crippen LogP contribution in [0.4, 0.5) is 13.2 Å². The molecule has 0 aliphatic heterocycles. The Kier molecular flexibility index (Phi) is 8.61. The number of rotatable bonds is 10. The number of hydrogen-bond donors (Lipinski definition) is 2. The topological polar surface area (TPSA) is 64.3 Å². The molecule has 0 saturated heterocycles. The van der Waals surface area contributed by atoms with Crippen molar-refractivity contribution in [1.82, 2.24) is 5.32 Å². The highest BCUT2D eigenvalue weighted by atomic mass is 32.2. The van der Waals surface area contributed by atoms with Crippen molar-refractivity contribution < 1.29 is 22.7 Å². The van der Waals surface area contributed by atoms with Gasteiger partial charge >= 0.3 is 5.51 Å². The Balaban J connectivity index is 1.91. The van der Waals surface area contributed by atoms with Gasteiger partial charge in [-0.15, -0.1) is 0 Å². The van der Waals surface area contributed by atoms with E-state index in [1.807, 2.05) is 39.0 Å². The van der Waals surface area contributed by atoms with Crippen molar-refractivity contribution in [2.24, 2.45) is 11.7 Å². The Morgan fingerprint density at radius 1 is 1.13 bits per heavy atom. The van der Waals surface area contributed by atoms with Crippen LogP contribution in [0.15, 0.2) is 47.4 Å². The Morgan fingerprint density at radius 2 is 1.77 bits per heavy atom. The van der Waals surface area contributed by atoms with Gasteiger partial charge in [0.05, 0.1) is 6.04 Å². The second-order valence-corrected chi connectivity index (χ2v) is 8.68. The van der Waals surface area contributed by atoms with Gasteiger partial charge in [0.15, 0.2) is 0 Å². The van der Waals surface area contributed by atoms with Crippen LogP contribution in [0, 0.1) is 12.8 Å². The molecular weight excluding hydrogens is 413 g/mol. The van der Waals surface area contributed by atoms with Crippen molar-refractivity contribution in [2.45, 2.75) is 56.8 Å². The molecule has 8 heteroatoms. The van der Waals surface area contributed by atoms with Crippen molar-refractivity contribution >= 4 is 17.7 Å². The third kappa shape index (κ3) is 8.28. The number of thioether (sulfide) groups is 1. The molecule has 3 N–H and O–H groups in total. The zero-order valence-corrected chi connectivity index (χ0v) is 18.1. The molecule has 0 aliphatic carbocycles. The summed E-state index contributed by atoms with van der Waals surface area (Å²) in [7, 11) is 0. The highest BCUT2D eigenvalue weighted by Gasteiger charge is 2.29. The Hall–Kier alpha value is -2.19. The lowest BCUT2D eigenvalue weighted by Crippen LogP contribution is -2.41. The zero-order valence-electron chi connectivity index (χ0n) is 17.3. The molecule has 0 saturated carbocycles. The van der Waals surface area contributed by atoms with E-state index in [9.17, 15) is 18.0 Å². The second-order valence-electron chi connectivity index (χ2n) is 7.55. The number of carbonyl (C=O) groups is 1. The first-order chi connectivity index (χ1) is 14.0. The number of primary amides is 1. The molecule has 4 nitrogen and oxygen atoms in total. The van der Waals surface area contributed by atoms with E-state index >= 15 is 0 Å². The molecule has 2 aromatic carbocycles. The minimum atomic E-state index is -4.29. The SMILES string of the molecule is Cc1cc(CNC(CC(C)C)C(N)=O)ccc1OCc1ccc(SC(F)(F)F)cc1. The zero-order chi connectivity index (χ0) is 22.3. The van der Waals surface area contributed by atoms with Crippen molar-refractivity contribution in [1.29, 1.82) is 0 Å². The number of ether oxygens (including phenoxy) is 1. The molecule has 1 amide bonds. The number of nitrogens with one attached hydrogen (secondary N) is 1. The molecule has 0 spiro atoms.